The molecule has 7 heteroatoms. The molecular weight excluding hydrogens is 308 g/mol. The molecule has 0 fully saturated rings. The summed E-state index contributed by atoms with van der Waals surface area (Å²) in [5.74, 6) is -0.611. The lowest BCUT2D eigenvalue weighted by atomic mass is 10.2. The fourth-order valence-corrected chi connectivity index (χ4v) is 2.72. The number of carbonyl (C=O) groups excluding carboxylic acids is 1. The molecule has 124 valence electrons. The zero-order valence-corrected chi connectivity index (χ0v) is 13.8. The normalized spacial score (nSPS) is 11.1. The Kier molecular flexibility index (Phi) is 3.92. The second-order valence-corrected chi connectivity index (χ2v) is 5.46. The van der Waals surface area contributed by atoms with Crippen LogP contribution in [0, 0.1) is 12.3 Å². The predicted octanol–water partition coefficient (Wildman–Crippen LogP) is 1.63. The van der Waals surface area contributed by atoms with Gasteiger partial charge in [-0.3, -0.25) is 14.6 Å². The quantitative estimate of drug-likeness (QED) is 0.585. The molecule has 24 heavy (non-hydrogen) atoms. The lowest BCUT2D eigenvalue weighted by Gasteiger charge is -2.12. The highest BCUT2D eigenvalue weighted by atomic mass is 16.5. The molecule has 3 aromatic rings. The Bertz CT molecular complexity index is 1080. The van der Waals surface area contributed by atoms with Crippen LogP contribution >= 0.6 is 0 Å². The second kappa shape index (κ2) is 5.92. The molecule has 0 aliphatic rings. The molecule has 3 aromatic heterocycles. The van der Waals surface area contributed by atoms with E-state index in [9.17, 15) is 9.59 Å². The molecule has 0 aliphatic carbocycles. The topological polar surface area (TPSA) is 89.4 Å². The molecule has 3 rings (SSSR count). The van der Waals surface area contributed by atoms with Gasteiger partial charge in [0.25, 0.3) is 5.56 Å². The highest BCUT2D eigenvalue weighted by Crippen LogP contribution is 2.11. The second-order valence-electron chi connectivity index (χ2n) is 5.46. The minimum Gasteiger partial charge on any atom is -0.462 e. The van der Waals surface area contributed by atoms with Crippen molar-refractivity contribution < 1.29 is 9.53 Å². The van der Waals surface area contributed by atoms with Crippen molar-refractivity contribution in [2.24, 2.45) is 0 Å². The van der Waals surface area contributed by atoms with E-state index in [1.807, 2.05) is 19.9 Å². The molecule has 0 radical (unpaired) electrons. The standard InChI is InChI=1S/C17H18N4O3/c1-4-20-14(18)11(17(23)24-5-2)8-12-15(20)19-13-7-6-10(3)9-21(13)16(12)22/h6-9,18H,4-5H2,1-3H3. The van der Waals surface area contributed by atoms with Crippen molar-refractivity contribution in [3.05, 3.63) is 51.4 Å². The molecule has 0 unspecified atom stereocenters. The largest absolute Gasteiger partial charge is 0.462 e. The van der Waals surface area contributed by atoms with E-state index >= 15 is 0 Å². The first-order valence-electron chi connectivity index (χ1n) is 7.76. The van der Waals surface area contributed by atoms with Gasteiger partial charge in [-0.05, 0) is 38.5 Å². The minimum atomic E-state index is -0.611. The molecule has 3 heterocycles. The van der Waals surface area contributed by atoms with Gasteiger partial charge in [-0.25, -0.2) is 9.78 Å². The van der Waals surface area contributed by atoms with Gasteiger partial charge in [-0.15, -0.1) is 0 Å². The number of aryl methyl sites for hydroxylation is 2. The van der Waals surface area contributed by atoms with Crippen LogP contribution in [-0.2, 0) is 11.3 Å². The first kappa shape index (κ1) is 15.9. The van der Waals surface area contributed by atoms with Crippen molar-refractivity contribution in [3.63, 3.8) is 0 Å². The molecule has 0 aromatic carbocycles. The van der Waals surface area contributed by atoms with Gasteiger partial charge in [-0.1, -0.05) is 6.07 Å². The van der Waals surface area contributed by atoms with Crippen molar-refractivity contribution >= 4 is 22.6 Å². The van der Waals surface area contributed by atoms with Crippen molar-refractivity contribution in [2.45, 2.75) is 27.3 Å². The smallest absolute Gasteiger partial charge is 0.341 e. The lowest BCUT2D eigenvalue weighted by molar-refractivity contribution is 0.0523. The third-order valence-electron chi connectivity index (χ3n) is 3.87. The van der Waals surface area contributed by atoms with Gasteiger partial charge in [-0.2, -0.15) is 0 Å². The minimum absolute atomic E-state index is 0.00758. The van der Waals surface area contributed by atoms with Crippen LogP contribution in [0.5, 0.6) is 0 Å². The Balaban J connectivity index is 2.48. The number of aromatic nitrogens is 3. The maximum Gasteiger partial charge on any atom is 0.341 e. The van der Waals surface area contributed by atoms with E-state index in [0.29, 0.717) is 23.2 Å². The zero-order chi connectivity index (χ0) is 17.4. The number of nitrogens with zero attached hydrogens (tertiary/aromatic N) is 3. The Hall–Kier alpha value is -2.96. The Morgan fingerprint density at radius 3 is 2.75 bits per heavy atom. The maximum atomic E-state index is 12.8. The van der Waals surface area contributed by atoms with E-state index in [1.165, 1.54) is 10.5 Å². The molecule has 0 saturated heterocycles. The number of hydrogen-bond acceptors (Lipinski definition) is 5. The third-order valence-corrected chi connectivity index (χ3v) is 3.87. The summed E-state index contributed by atoms with van der Waals surface area (Å²) in [6.07, 6.45) is 1.71. The van der Waals surface area contributed by atoms with Crippen molar-refractivity contribution in [2.75, 3.05) is 6.61 Å². The highest BCUT2D eigenvalue weighted by molar-refractivity contribution is 5.93. The van der Waals surface area contributed by atoms with Crippen LogP contribution in [0.25, 0.3) is 16.7 Å². The van der Waals surface area contributed by atoms with Gasteiger partial charge in [0.1, 0.15) is 22.3 Å². The Labute approximate surface area is 137 Å². The number of ether oxygens (including phenoxy) is 1. The molecule has 0 spiro atoms. The SMILES string of the molecule is CCOC(=O)c1cc2c(=O)n3cc(C)ccc3nc2n(CC)c1=N. The summed E-state index contributed by atoms with van der Waals surface area (Å²) >= 11 is 0. The van der Waals surface area contributed by atoms with Gasteiger partial charge in [0.15, 0.2) is 0 Å². The zero-order valence-electron chi connectivity index (χ0n) is 13.8. The van der Waals surface area contributed by atoms with Crippen molar-refractivity contribution in [1.29, 1.82) is 5.41 Å². The Morgan fingerprint density at radius 1 is 1.33 bits per heavy atom. The van der Waals surface area contributed by atoms with Gasteiger partial charge < -0.3 is 9.30 Å². The number of hydrogen-bond donors (Lipinski definition) is 1. The average molecular weight is 326 g/mol. The van der Waals surface area contributed by atoms with Gasteiger partial charge in [0.2, 0.25) is 0 Å². The number of rotatable bonds is 3. The predicted molar refractivity (Wildman–Crippen MR) is 89.2 cm³/mol. The molecular formula is C17H18N4O3. The lowest BCUT2D eigenvalue weighted by Crippen LogP contribution is -2.30. The summed E-state index contributed by atoms with van der Waals surface area (Å²) in [7, 11) is 0. The molecule has 0 aliphatic heterocycles. The van der Waals surface area contributed by atoms with E-state index in [4.69, 9.17) is 10.1 Å². The summed E-state index contributed by atoms with van der Waals surface area (Å²) in [5, 5.41) is 8.55. The van der Waals surface area contributed by atoms with Crippen molar-refractivity contribution in [3.8, 4) is 0 Å². The average Bonchev–Trinajstić information content (AvgIpc) is 2.55. The monoisotopic (exact) mass is 326 g/mol. The van der Waals surface area contributed by atoms with Crippen molar-refractivity contribution in [1.82, 2.24) is 14.0 Å². The number of esters is 1. The van der Waals surface area contributed by atoms with E-state index < -0.39 is 5.97 Å². The molecule has 0 amide bonds. The summed E-state index contributed by atoms with van der Waals surface area (Å²) in [4.78, 5) is 29.5. The van der Waals surface area contributed by atoms with Crippen LogP contribution < -0.4 is 11.0 Å². The fraction of sp³-hybridized carbons (Fsp3) is 0.294. The molecule has 0 saturated carbocycles. The van der Waals surface area contributed by atoms with Crippen LogP contribution in [0.4, 0.5) is 0 Å². The van der Waals surface area contributed by atoms with Crippen LogP contribution in [0.1, 0.15) is 29.8 Å². The van der Waals surface area contributed by atoms with Gasteiger partial charge in [0.05, 0.1) is 12.0 Å². The number of pyridine rings is 2. The number of fused-ring (bicyclic) bond motifs is 2. The summed E-state index contributed by atoms with van der Waals surface area (Å²) in [5.41, 5.74) is 1.61. The first-order chi connectivity index (χ1) is 11.5. The van der Waals surface area contributed by atoms with E-state index in [1.54, 1.807) is 23.8 Å². The highest BCUT2D eigenvalue weighted by Gasteiger charge is 2.17. The third kappa shape index (κ3) is 2.38. The van der Waals surface area contributed by atoms with Crippen LogP contribution in [0.15, 0.2) is 29.2 Å². The number of carbonyl (C=O) groups is 1. The van der Waals surface area contributed by atoms with Crippen LogP contribution in [0.3, 0.4) is 0 Å². The summed E-state index contributed by atoms with van der Waals surface area (Å²) in [6.45, 7) is 6.04. The molecule has 7 nitrogen and oxygen atoms in total. The molecule has 0 atom stereocenters. The van der Waals surface area contributed by atoms with E-state index in [-0.39, 0.29) is 23.2 Å². The fourth-order valence-electron chi connectivity index (χ4n) is 2.72. The molecule has 0 bridgehead atoms. The summed E-state index contributed by atoms with van der Waals surface area (Å²) in [6, 6.07) is 5.05. The van der Waals surface area contributed by atoms with E-state index in [2.05, 4.69) is 4.98 Å². The van der Waals surface area contributed by atoms with E-state index in [0.717, 1.165) is 5.56 Å². The van der Waals surface area contributed by atoms with Crippen LogP contribution in [0.2, 0.25) is 0 Å². The number of nitrogens with one attached hydrogen (secondary N) is 1. The summed E-state index contributed by atoms with van der Waals surface area (Å²) < 4.78 is 8.00. The van der Waals surface area contributed by atoms with Gasteiger partial charge in [0, 0.05) is 12.7 Å². The maximum absolute atomic E-state index is 12.8. The Morgan fingerprint density at radius 2 is 2.08 bits per heavy atom. The van der Waals surface area contributed by atoms with Crippen LogP contribution in [-0.4, -0.2) is 26.5 Å². The first-order valence-corrected chi connectivity index (χ1v) is 7.76. The van der Waals surface area contributed by atoms with Gasteiger partial charge >= 0.3 is 5.97 Å². The molecule has 1 N–H and O–H groups in total.